The van der Waals surface area contributed by atoms with Gasteiger partial charge in [0.25, 0.3) is 5.91 Å². The van der Waals surface area contributed by atoms with Crippen molar-refractivity contribution in [3.05, 3.63) is 57.6 Å². The lowest BCUT2D eigenvalue weighted by Gasteiger charge is -2.10. The van der Waals surface area contributed by atoms with Crippen LogP contribution in [0.2, 0.25) is 0 Å². The summed E-state index contributed by atoms with van der Waals surface area (Å²) < 4.78 is 0.930. The van der Waals surface area contributed by atoms with E-state index >= 15 is 0 Å². The fraction of sp³-hybridized carbons (Fsp3) is 0.133. The molecular formula is C15H14BrNO2. The third kappa shape index (κ3) is 3.15. The number of benzene rings is 2. The van der Waals surface area contributed by atoms with Crippen LogP contribution >= 0.6 is 15.9 Å². The summed E-state index contributed by atoms with van der Waals surface area (Å²) >= 11 is 3.36. The van der Waals surface area contributed by atoms with E-state index < -0.39 is 0 Å². The summed E-state index contributed by atoms with van der Waals surface area (Å²) in [7, 11) is 0. The van der Waals surface area contributed by atoms with Crippen molar-refractivity contribution in [1.29, 1.82) is 0 Å². The van der Waals surface area contributed by atoms with Gasteiger partial charge in [-0.15, -0.1) is 0 Å². The molecule has 0 fully saturated rings. The third-order valence-corrected chi connectivity index (χ3v) is 3.33. The van der Waals surface area contributed by atoms with Crippen LogP contribution in [0, 0.1) is 13.8 Å². The molecule has 2 aromatic rings. The van der Waals surface area contributed by atoms with Gasteiger partial charge in [-0.1, -0.05) is 22.0 Å². The van der Waals surface area contributed by atoms with Crippen molar-refractivity contribution < 1.29 is 9.90 Å². The Kier molecular flexibility index (Phi) is 3.90. The molecule has 0 bridgehead atoms. The predicted molar refractivity (Wildman–Crippen MR) is 79.7 cm³/mol. The van der Waals surface area contributed by atoms with Crippen molar-refractivity contribution in [3.63, 3.8) is 0 Å². The molecule has 0 radical (unpaired) electrons. The topological polar surface area (TPSA) is 49.3 Å². The number of phenolic OH excluding ortho intramolecular Hbond substituents is 1. The molecule has 0 saturated carbocycles. The molecule has 0 heterocycles. The molecule has 2 rings (SSSR count). The Hall–Kier alpha value is -1.81. The van der Waals surface area contributed by atoms with E-state index in [2.05, 4.69) is 21.2 Å². The van der Waals surface area contributed by atoms with E-state index in [1.165, 1.54) is 0 Å². The highest BCUT2D eigenvalue weighted by Gasteiger charge is 2.11. The van der Waals surface area contributed by atoms with Crippen LogP contribution in [0.5, 0.6) is 5.75 Å². The molecule has 3 nitrogen and oxygen atoms in total. The fourth-order valence-electron chi connectivity index (χ4n) is 1.82. The number of rotatable bonds is 2. The molecule has 0 aliphatic carbocycles. The van der Waals surface area contributed by atoms with Gasteiger partial charge in [0.15, 0.2) is 0 Å². The highest BCUT2D eigenvalue weighted by atomic mass is 79.9. The number of anilines is 1. The molecule has 2 N–H and O–H groups in total. The van der Waals surface area contributed by atoms with Crippen LogP contribution in [-0.2, 0) is 0 Å². The SMILES string of the molecule is Cc1ccc(NC(=O)c2ccc(Br)cc2C)c(O)c1. The van der Waals surface area contributed by atoms with E-state index in [1.807, 2.05) is 32.0 Å². The van der Waals surface area contributed by atoms with E-state index in [1.54, 1.807) is 18.2 Å². The van der Waals surface area contributed by atoms with Crippen LogP contribution in [0.3, 0.4) is 0 Å². The molecule has 2 aromatic carbocycles. The Morgan fingerprint density at radius 3 is 2.53 bits per heavy atom. The number of amides is 1. The number of carbonyl (C=O) groups excluding carboxylic acids is 1. The van der Waals surface area contributed by atoms with Gasteiger partial charge in [0, 0.05) is 10.0 Å². The van der Waals surface area contributed by atoms with Crippen molar-refractivity contribution in [2.75, 3.05) is 5.32 Å². The molecule has 4 heteroatoms. The van der Waals surface area contributed by atoms with Gasteiger partial charge in [-0.05, 0) is 55.3 Å². The minimum Gasteiger partial charge on any atom is -0.506 e. The average Bonchev–Trinajstić information content (AvgIpc) is 2.32. The van der Waals surface area contributed by atoms with E-state index in [4.69, 9.17) is 0 Å². The molecule has 0 unspecified atom stereocenters. The maximum absolute atomic E-state index is 12.1. The average molecular weight is 320 g/mol. The van der Waals surface area contributed by atoms with Crippen molar-refractivity contribution >= 4 is 27.5 Å². The van der Waals surface area contributed by atoms with Gasteiger partial charge in [-0.25, -0.2) is 0 Å². The quantitative estimate of drug-likeness (QED) is 0.821. The standard InChI is InChI=1S/C15H14BrNO2/c1-9-3-6-13(14(18)7-9)17-15(19)12-5-4-11(16)8-10(12)2/h3-8,18H,1-2H3,(H,17,19). The normalized spacial score (nSPS) is 10.3. The molecule has 0 aromatic heterocycles. The number of aromatic hydroxyl groups is 1. The number of hydrogen-bond acceptors (Lipinski definition) is 2. The lowest BCUT2D eigenvalue weighted by atomic mass is 10.1. The highest BCUT2D eigenvalue weighted by Crippen LogP contribution is 2.25. The second-order valence-corrected chi connectivity index (χ2v) is 5.35. The second-order valence-electron chi connectivity index (χ2n) is 4.43. The van der Waals surface area contributed by atoms with E-state index in [9.17, 15) is 9.90 Å². The van der Waals surface area contributed by atoms with E-state index in [0.29, 0.717) is 11.3 Å². The fourth-order valence-corrected chi connectivity index (χ4v) is 2.29. The number of halogens is 1. The van der Waals surface area contributed by atoms with Crippen LogP contribution in [0.25, 0.3) is 0 Å². The first-order chi connectivity index (χ1) is 8.97. The Balaban J connectivity index is 2.25. The minimum absolute atomic E-state index is 0.0723. The van der Waals surface area contributed by atoms with Gasteiger partial charge in [-0.3, -0.25) is 4.79 Å². The van der Waals surface area contributed by atoms with Gasteiger partial charge < -0.3 is 10.4 Å². The van der Waals surface area contributed by atoms with Crippen molar-refractivity contribution in [2.45, 2.75) is 13.8 Å². The summed E-state index contributed by atoms with van der Waals surface area (Å²) in [5.74, 6) is -0.160. The maximum Gasteiger partial charge on any atom is 0.256 e. The van der Waals surface area contributed by atoms with Gasteiger partial charge >= 0.3 is 0 Å². The van der Waals surface area contributed by atoms with Crippen molar-refractivity contribution in [3.8, 4) is 5.75 Å². The lowest BCUT2D eigenvalue weighted by Crippen LogP contribution is -2.13. The molecule has 1 amide bonds. The number of nitrogens with one attached hydrogen (secondary N) is 1. The molecule has 0 aliphatic rings. The first-order valence-corrected chi connectivity index (χ1v) is 6.64. The first kappa shape index (κ1) is 13.6. The number of aryl methyl sites for hydroxylation is 2. The third-order valence-electron chi connectivity index (χ3n) is 2.83. The highest BCUT2D eigenvalue weighted by molar-refractivity contribution is 9.10. The number of hydrogen-bond donors (Lipinski definition) is 2. The number of phenols is 1. The van der Waals surface area contributed by atoms with Gasteiger partial charge in [0.1, 0.15) is 5.75 Å². The monoisotopic (exact) mass is 319 g/mol. The van der Waals surface area contributed by atoms with Crippen LogP contribution in [0.4, 0.5) is 5.69 Å². The largest absolute Gasteiger partial charge is 0.506 e. The van der Waals surface area contributed by atoms with E-state index in [0.717, 1.165) is 15.6 Å². The van der Waals surface area contributed by atoms with Gasteiger partial charge in [0.2, 0.25) is 0 Å². The summed E-state index contributed by atoms with van der Waals surface area (Å²) in [6.45, 7) is 3.75. The lowest BCUT2D eigenvalue weighted by molar-refractivity contribution is 0.102. The second kappa shape index (κ2) is 5.45. The Morgan fingerprint density at radius 2 is 1.89 bits per heavy atom. The van der Waals surface area contributed by atoms with Crippen LogP contribution in [0.1, 0.15) is 21.5 Å². The van der Waals surface area contributed by atoms with Crippen LogP contribution in [-0.4, -0.2) is 11.0 Å². The first-order valence-electron chi connectivity index (χ1n) is 5.84. The molecule has 0 atom stereocenters. The predicted octanol–water partition coefficient (Wildman–Crippen LogP) is 4.02. The smallest absolute Gasteiger partial charge is 0.256 e. The van der Waals surface area contributed by atoms with Gasteiger partial charge in [0.05, 0.1) is 5.69 Å². The number of carbonyl (C=O) groups is 1. The maximum atomic E-state index is 12.1. The van der Waals surface area contributed by atoms with Gasteiger partial charge in [-0.2, -0.15) is 0 Å². The van der Waals surface area contributed by atoms with Crippen LogP contribution < -0.4 is 5.32 Å². The summed E-state index contributed by atoms with van der Waals surface area (Å²) in [5.41, 5.74) is 2.81. The summed E-state index contributed by atoms with van der Waals surface area (Å²) in [5, 5.41) is 12.5. The summed E-state index contributed by atoms with van der Waals surface area (Å²) in [4.78, 5) is 12.1. The van der Waals surface area contributed by atoms with Crippen molar-refractivity contribution in [1.82, 2.24) is 0 Å². The summed E-state index contributed by atoms with van der Waals surface area (Å²) in [6.07, 6.45) is 0. The molecule has 0 spiro atoms. The molecular weight excluding hydrogens is 306 g/mol. The van der Waals surface area contributed by atoms with Crippen LogP contribution in [0.15, 0.2) is 40.9 Å². The van der Waals surface area contributed by atoms with Crippen molar-refractivity contribution in [2.24, 2.45) is 0 Å². The Labute approximate surface area is 120 Å². The molecule has 19 heavy (non-hydrogen) atoms. The zero-order valence-electron chi connectivity index (χ0n) is 10.7. The Bertz CT molecular complexity index is 638. The zero-order chi connectivity index (χ0) is 14.0. The minimum atomic E-state index is -0.232. The zero-order valence-corrected chi connectivity index (χ0v) is 12.3. The molecule has 98 valence electrons. The van der Waals surface area contributed by atoms with E-state index in [-0.39, 0.29) is 11.7 Å². The molecule has 0 saturated heterocycles. The Morgan fingerprint density at radius 1 is 1.16 bits per heavy atom. The molecule has 0 aliphatic heterocycles. The summed E-state index contributed by atoms with van der Waals surface area (Å²) in [6, 6.07) is 10.6.